The minimum absolute atomic E-state index is 0.141. The standard InChI is InChI=1S/C24H24N4S/c1-17-6-3-4-8-21(17)24-27-14-20(15-28-24)13-26-22(12-19-9-11-29-16-19)23-18(2)7-5-10-25-23/h3-11,14-16,22,26H,12-13H2,1-2H3/t22-/m1/s1. The van der Waals surface area contributed by atoms with E-state index in [0.29, 0.717) is 6.54 Å². The Kier molecular flexibility index (Phi) is 6.08. The molecule has 5 heteroatoms. The molecule has 4 rings (SSSR count). The van der Waals surface area contributed by atoms with Crippen molar-refractivity contribution in [3.05, 3.63) is 99.8 Å². The summed E-state index contributed by atoms with van der Waals surface area (Å²) in [6.45, 7) is 4.89. The van der Waals surface area contributed by atoms with Gasteiger partial charge in [0, 0.05) is 36.3 Å². The molecule has 0 spiro atoms. The van der Waals surface area contributed by atoms with E-state index in [-0.39, 0.29) is 6.04 Å². The van der Waals surface area contributed by atoms with Crippen LogP contribution in [0.4, 0.5) is 0 Å². The topological polar surface area (TPSA) is 50.7 Å². The summed E-state index contributed by atoms with van der Waals surface area (Å²) >= 11 is 1.73. The van der Waals surface area contributed by atoms with E-state index in [9.17, 15) is 0 Å². The lowest BCUT2D eigenvalue weighted by Gasteiger charge is -2.20. The van der Waals surface area contributed by atoms with Crippen LogP contribution in [0.2, 0.25) is 0 Å². The number of rotatable bonds is 7. The maximum atomic E-state index is 4.64. The Bertz CT molecular complexity index is 1060. The lowest BCUT2D eigenvalue weighted by atomic mass is 10.0. The van der Waals surface area contributed by atoms with E-state index in [1.54, 1.807) is 11.3 Å². The number of hydrogen-bond donors (Lipinski definition) is 1. The van der Waals surface area contributed by atoms with E-state index in [4.69, 9.17) is 0 Å². The molecule has 146 valence electrons. The van der Waals surface area contributed by atoms with Crippen molar-refractivity contribution in [1.82, 2.24) is 20.3 Å². The summed E-state index contributed by atoms with van der Waals surface area (Å²) in [7, 11) is 0. The molecule has 29 heavy (non-hydrogen) atoms. The number of benzene rings is 1. The van der Waals surface area contributed by atoms with Crippen LogP contribution < -0.4 is 5.32 Å². The average Bonchev–Trinajstić information content (AvgIpc) is 3.26. The van der Waals surface area contributed by atoms with Crippen LogP contribution in [0.25, 0.3) is 11.4 Å². The second-order valence-electron chi connectivity index (χ2n) is 7.20. The van der Waals surface area contributed by atoms with Crippen LogP contribution in [-0.2, 0) is 13.0 Å². The third kappa shape index (κ3) is 4.75. The van der Waals surface area contributed by atoms with Crippen LogP contribution in [0.5, 0.6) is 0 Å². The van der Waals surface area contributed by atoms with Gasteiger partial charge in [-0.2, -0.15) is 11.3 Å². The molecule has 1 atom stereocenters. The normalized spacial score (nSPS) is 12.1. The number of aromatic nitrogens is 3. The van der Waals surface area contributed by atoms with E-state index in [1.165, 1.54) is 16.7 Å². The van der Waals surface area contributed by atoms with Crippen LogP contribution in [0, 0.1) is 13.8 Å². The Hall–Kier alpha value is -2.89. The monoisotopic (exact) mass is 400 g/mol. The summed E-state index contributed by atoms with van der Waals surface area (Å²) < 4.78 is 0. The molecule has 0 saturated carbocycles. The zero-order valence-corrected chi connectivity index (χ0v) is 17.5. The maximum Gasteiger partial charge on any atom is 0.159 e. The maximum absolute atomic E-state index is 4.64. The fraction of sp³-hybridized carbons (Fsp3) is 0.208. The SMILES string of the molecule is Cc1ccccc1-c1ncc(CN[C@H](Cc2ccsc2)c2ncccc2C)cn1. The number of thiophene rings is 1. The molecule has 1 aromatic carbocycles. The molecule has 0 fully saturated rings. The molecule has 4 aromatic rings. The second kappa shape index (κ2) is 9.07. The van der Waals surface area contributed by atoms with Gasteiger partial charge in [-0.3, -0.25) is 4.98 Å². The van der Waals surface area contributed by atoms with E-state index < -0.39 is 0 Å². The average molecular weight is 401 g/mol. The molecule has 3 heterocycles. The van der Waals surface area contributed by atoms with E-state index in [1.807, 2.05) is 36.8 Å². The van der Waals surface area contributed by atoms with Gasteiger partial charge >= 0.3 is 0 Å². The number of nitrogens with one attached hydrogen (secondary N) is 1. The van der Waals surface area contributed by atoms with Crippen LogP contribution >= 0.6 is 11.3 Å². The molecule has 0 radical (unpaired) electrons. The summed E-state index contributed by atoms with van der Waals surface area (Å²) in [5.74, 6) is 0.766. The van der Waals surface area contributed by atoms with Gasteiger partial charge < -0.3 is 5.32 Å². The lowest BCUT2D eigenvalue weighted by molar-refractivity contribution is 0.515. The number of pyridine rings is 1. The number of aryl methyl sites for hydroxylation is 2. The Morgan fingerprint density at radius 1 is 0.897 bits per heavy atom. The highest BCUT2D eigenvalue weighted by atomic mass is 32.1. The van der Waals surface area contributed by atoms with Crippen LogP contribution in [0.1, 0.15) is 34.0 Å². The quantitative estimate of drug-likeness (QED) is 0.458. The van der Waals surface area contributed by atoms with Crippen LogP contribution in [0.3, 0.4) is 0 Å². The highest BCUT2D eigenvalue weighted by Crippen LogP contribution is 2.22. The minimum atomic E-state index is 0.141. The molecule has 0 amide bonds. The van der Waals surface area contributed by atoms with Gasteiger partial charge in [0.1, 0.15) is 0 Å². The van der Waals surface area contributed by atoms with Crippen LogP contribution in [-0.4, -0.2) is 15.0 Å². The smallest absolute Gasteiger partial charge is 0.159 e. The second-order valence-corrected chi connectivity index (χ2v) is 7.98. The van der Waals surface area contributed by atoms with Crippen molar-refractivity contribution in [2.45, 2.75) is 32.9 Å². The summed E-state index contributed by atoms with van der Waals surface area (Å²) in [6, 6.07) is 14.6. The fourth-order valence-electron chi connectivity index (χ4n) is 3.42. The first-order valence-electron chi connectivity index (χ1n) is 9.73. The third-order valence-electron chi connectivity index (χ3n) is 5.04. The van der Waals surface area contributed by atoms with Crippen molar-refractivity contribution in [1.29, 1.82) is 0 Å². The zero-order chi connectivity index (χ0) is 20.1. The largest absolute Gasteiger partial charge is 0.304 e. The van der Waals surface area contributed by atoms with Gasteiger partial charge in [0.15, 0.2) is 5.82 Å². The number of nitrogens with zero attached hydrogens (tertiary/aromatic N) is 3. The van der Waals surface area contributed by atoms with Crippen molar-refractivity contribution in [3.8, 4) is 11.4 Å². The number of hydrogen-bond acceptors (Lipinski definition) is 5. The zero-order valence-electron chi connectivity index (χ0n) is 16.7. The molecule has 0 aliphatic carbocycles. The molecule has 0 saturated heterocycles. The summed E-state index contributed by atoms with van der Waals surface area (Å²) in [6.07, 6.45) is 6.59. The molecule has 3 aromatic heterocycles. The summed E-state index contributed by atoms with van der Waals surface area (Å²) in [5, 5.41) is 7.99. The molecule has 0 aliphatic rings. The predicted molar refractivity (Wildman–Crippen MR) is 119 cm³/mol. The van der Waals surface area contributed by atoms with Crippen molar-refractivity contribution in [3.63, 3.8) is 0 Å². The van der Waals surface area contributed by atoms with Crippen molar-refractivity contribution in [2.75, 3.05) is 0 Å². The van der Waals surface area contributed by atoms with Crippen molar-refractivity contribution >= 4 is 11.3 Å². The van der Waals surface area contributed by atoms with E-state index in [0.717, 1.165) is 29.1 Å². The lowest BCUT2D eigenvalue weighted by Crippen LogP contribution is -2.24. The summed E-state index contributed by atoms with van der Waals surface area (Å²) in [4.78, 5) is 13.8. The van der Waals surface area contributed by atoms with Crippen LogP contribution in [0.15, 0.2) is 71.8 Å². The highest BCUT2D eigenvalue weighted by molar-refractivity contribution is 7.07. The van der Waals surface area contributed by atoms with Crippen molar-refractivity contribution < 1.29 is 0 Å². The van der Waals surface area contributed by atoms with E-state index >= 15 is 0 Å². The molecule has 0 unspecified atom stereocenters. The molecular weight excluding hydrogens is 376 g/mol. The van der Waals surface area contributed by atoms with Gasteiger partial charge in [-0.15, -0.1) is 0 Å². The van der Waals surface area contributed by atoms with Gasteiger partial charge in [0.05, 0.1) is 11.7 Å². The fourth-order valence-corrected chi connectivity index (χ4v) is 4.10. The molecule has 1 N–H and O–H groups in total. The Labute approximate surface area is 175 Å². The van der Waals surface area contributed by atoms with Gasteiger partial charge in [-0.1, -0.05) is 30.3 Å². The summed E-state index contributed by atoms with van der Waals surface area (Å²) in [5.41, 5.74) is 6.93. The van der Waals surface area contributed by atoms with Gasteiger partial charge in [0.25, 0.3) is 0 Å². The molecular formula is C24H24N4S. The Morgan fingerprint density at radius 3 is 2.41 bits per heavy atom. The van der Waals surface area contributed by atoms with Gasteiger partial charge in [0.2, 0.25) is 0 Å². The third-order valence-corrected chi connectivity index (χ3v) is 5.78. The Morgan fingerprint density at radius 2 is 1.69 bits per heavy atom. The first kappa shape index (κ1) is 19.4. The predicted octanol–water partition coefficient (Wildman–Crippen LogP) is 5.29. The van der Waals surface area contributed by atoms with E-state index in [2.05, 4.69) is 69.1 Å². The highest BCUT2D eigenvalue weighted by Gasteiger charge is 2.16. The minimum Gasteiger partial charge on any atom is -0.304 e. The first-order chi connectivity index (χ1) is 14.2. The van der Waals surface area contributed by atoms with Gasteiger partial charge in [-0.05, 0) is 59.9 Å². The Balaban J connectivity index is 1.50. The molecule has 4 nitrogen and oxygen atoms in total. The van der Waals surface area contributed by atoms with Gasteiger partial charge in [-0.25, -0.2) is 9.97 Å². The molecule has 0 aliphatic heterocycles. The first-order valence-corrected chi connectivity index (χ1v) is 10.7. The molecule has 0 bridgehead atoms. The van der Waals surface area contributed by atoms with Crippen molar-refractivity contribution in [2.24, 2.45) is 0 Å².